The van der Waals surface area contributed by atoms with Crippen molar-refractivity contribution in [2.45, 2.75) is 25.8 Å². The van der Waals surface area contributed by atoms with E-state index in [1.165, 1.54) is 12.1 Å². The molecule has 0 radical (unpaired) electrons. The summed E-state index contributed by atoms with van der Waals surface area (Å²) in [4.78, 5) is 2.52. The van der Waals surface area contributed by atoms with Gasteiger partial charge in [-0.15, -0.1) is 0 Å². The van der Waals surface area contributed by atoms with E-state index in [0.29, 0.717) is 16.0 Å². The Balaban J connectivity index is 1.83. The van der Waals surface area contributed by atoms with Crippen LogP contribution < -0.4 is 5.43 Å². The topological polar surface area (TPSA) is 27.6 Å². The third kappa shape index (κ3) is 2.54. The van der Waals surface area contributed by atoms with Gasteiger partial charge in [0.05, 0.1) is 16.1 Å². The molecule has 1 aromatic rings. The maximum absolute atomic E-state index is 6.37. The van der Waals surface area contributed by atoms with Gasteiger partial charge in [-0.2, -0.15) is 5.10 Å². The van der Waals surface area contributed by atoms with Crippen molar-refractivity contribution in [3.63, 3.8) is 0 Å². The molecule has 1 aromatic carbocycles. The van der Waals surface area contributed by atoms with Crippen LogP contribution in [0.3, 0.4) is 0 Å². The minimum absolute atomic E-state index is 0.149. The normalized spacial score (nSPS) is 26.1. The van der Waals surface area contributed by atoms with Gasteiger partial charge >= 0.3 is 0 Å². The van der Waals surface area contributed by atoms with Gasteiger partial charge in [-0.05, 0) is 24.6 Å². The van der Waals surface area contributed by atoms with Crippen molar-refractivity contribution in [2.24, 2.45) is 11.0 Å². The highest BCUT2D eigenvalue weighted by molar-refractivity contribution is 6.42. The van der Waals surface area contributed by atoms with Gasteiger partial charge in [-0.3, -0.25) is 0 Å². The molecule has 0 saturated carbocycles. The minimum atomic E-state index is 0.149. The SMILES string of the molecule is CCCN1CCC2=NNC(c3cccc(Cl)c3Cl)C2C1. The number of halogens is 2. The molecule has 1 N–H and O–H groups in total. The third-order valence-electron chi connectivity index (χ3n) is 4.17. The molecule has 2 aliphatic heterocycles. The summed E-state index contributed by atoms with van der Waals surface area (Å²) in [5, 5.41) is 5.78. The Morgan fingerprint density at radius 2 is 2.25 bits per heavy atom. The van der Waals surface area contributed by atoms with E-state index in [9.17, 15) is 0 Å². The minimum Gasteiger partial charge on any atom is -0.302 e. The molecule has 2 heterocycles. The number of nitrogens with zero attached hydrogens (tertiary/aromatic N) is 2. The van der Waals surface area contributed by atoms with E-state index in [1.54, 1.807) is 0 Å². The largest absolute Gasteiger partial charge is 0.302 e. The lowest BCUT2D eigenvalue weighted by Crippen LogP contribution is -2.42. The monoisotopic (exact) mass is 311 g/mol. The van der Waals surface area contributed by atoms with E-state index in [0.717, 1.165) is 31.6 Å². The number of likely N-dealkylation sites (tertiary alicyclic amines) is 1. The molecule has 5 heteroatoms. The Labute approximate surface area is 129 Å². The zero-order chi connectivity index (χ0) is 14.1. The van der Waals surface area contributed by atoms with Crippen molar-refractivity contribution < 1.29 is 0 Å². The van der Waals surface area contributed by atoms with Gasteiger partial charge in [0.25, 0.3) is 0 Å². The molecule has 20 heavy (non-hydrogen) atoms. The van der Waals surface area contributed by atoms with Crippen LogP contribution in [0.4, 0.5) is 0 Å². The van der Waals surface area contributed by atoms with Gasteiger partial charge in [-0.25, -0.2) is 0 Å². The Hall–Kier alpha value is -0.770. The van der Waals surface area contributed by atoms with Crippen LogP contribution in [0.25, 0.3) is 0 Å². The van der Waals surface area contributed by atoms with Crippen LogP contribution in [0.15, 0.2) is 23.3 Å². The predicted octanol–water partition coefficient (Wildman–Crippen LogP) is 3.73. The highest BCUT2D eigenvalue weighted by atomic mass is 35.5. The number of hydrogen-bond donors (Lipinski definition) is 1. The maximum Gasteiger partial charge on any atom is 0.0797 e. The Morgan fingerprint density at radius 1 is 1.40 bits per heavy atom. The Kier molecular flexibility index (Phi) is 4.20. The summed E-state index contributed by atoms with van der Waals surface area (Å²) in [6, 6.07) is 5.98. The average Bonchev–Trinajstić information content (AvgIpc) is 2.85. The molecule has 2 aliphatic rings. The number of fused-ring (bicyclic) bond motifs is 1. The smallest absolute Gasteiger partial charge is 0.0797 e. The first-order valence-corrected chi connectivity index (χ1v) is 7.94. The van der Waals surface area contributed by atoms with E-state index in [-0.39, 0.29) is 6.04 Å². The van der Waals surface area contributed by atoms with E-state index < -0.39 is 0 Å². The first-order chi connectivity index (χ1) is 9.70. The number of benzene rings is 1. The number of rotatable bonds is 3. The summed E-state index contributed by atoms with van der Waals surface area (Å²) < 4.78 is 0. The fraction of sp³-hybridized carbons (Fsp3) is 0.533. The predicted molar refractivity (Wildman–Crippen MR) is 84.6 cm³/mol. The quantitative estimate of drug-likeness (QED) is 0.921. The van der Waals surface area contributed by atoms with E-state index in [4.69, 9.17) is 23.2 Å². The average molecular weight is 312 g/mol. The molecule has 0 spiro atoms. The van der Waals surface area contributed by atoms with Gasteiger partial charge in [0.15, 0.2) is 0 Å². The molecule has 1 fully saturated rings. The van der Waals surface area contributed by atoms with E-state index in [1.807, 2.05) is 18.2 Å². The molecule has 0 bridgehead atoms. The van der Waals surface area contributed by atoms with Crippen LogP contribution >= 0.6 is 23.2 Å². The molecule has 3 nitrogen and oxygen atoms in total. The fourth-order valence-corrected chi connectivity index (χ4v) is 3.60. The van der Waals surface area contributed by atoms with Crippen LogP contribution in [0, 0.1) is 5.92 Å². The maximum atomic E-state index is 6.37. The van der Waals surface area contributed by atoms with Gasteiger partial charge < -0.3 is 10.3 Å². The van der Waals surface area contributed by atoms with Gasteiger partial charge in [-0.1, -0.05) is 42.3 Å². The van der Waals surface area contributed by atoms with Crippen molar-refractivity contribution in [2.75, 3.05) is 19.6 Å². The third-order valence-corrected chi connectivity index (χ3v) is 5.01. The molecule has 2 atom stereocenters. The van der Waals surface area contributed by atoms with Crippen molar-refractivity contribution in [3.05, 3.63) is 33.8 Å². The summed E-state index contributed by atoms with van der Waals surface area (Å²) in [7, 11) is 0. The molecular weight excluding hydrogens is 293 g/mol. The van der Waals surface area contributed by atoms with Gasteiger partial charge in [0.2, 0.25) is 0 Å². The van der Waals surface area contributed by atoms with Crippen LogP contribution in [-0.2, 0) is 0 Å². The van der Waals surface area contributed by atoms with Crippen molar-refractivity contribution >= 4 is 28.9 Å². The zero-order valence-electron chi connectivity index (χ0n) is 11.6. The summed E-state index contributed by atoms with van der Waals surface area (Å²) in [6.45, 7) is 5.54. The van der Waals surface area contributed by atoms with Crippen molar-refractivity contribution in [1.29, 1.82) is 0 Å². The standard InChI is InChI=1S/C15H19Cl2N3/c1-2-7-20-8-6-13-11(9-20)15(19-18-13)10-4-3-5-12(16)14(10)17/h3-5,11,15,19H,2,6-9H2,1H3. The highest BCUT2D eigenvalue weighted by Crippen LogP contribution is 2.38. The molecule has 3 rings (SSSR count). The highest BCUT2D eigenvalue weighted by Gasteiger charge is 2.37. The molecule has 2 unspecified atom stereocenters. The number of hydrogen-bond acceptors (Lipinski definition) is 3. The van der Waals surface area contributed by atoms with E-state index in [2.05, 4.69) is 22.4 Å². The lowest BCUT2D eigenvalue weighted by atomic mass is 9.86. The summed E-state index contributed by atoms with van der Waals surface area (Å²) in [6.07, 6.45) is 2.24. The molecule has 0 aromatic heterocycles. The van der Waals surface area contributed by atoms with Crippen LogP contribution in [0.2, 0.25) is 10.0 Å². The fourth-order valence-electron chi connectivity index (χ4n) is 3.18. The molecule has 0 amide bonds. The summed E-state index contributed by atoms with van der Waals surface area (Å²) >= 11 is 12.5. The second-order valence-electron chi connectivity index (χ2n) is 5.51. The molecule has 1 saturated heterocycles. The number of piperidine rings is 1. The molecule has 108 valence electrons. The molecule has 0 aliphatic carbocycles. The number of nitrogens with one attached hydrogen (secondary N) is 1. The van der Waals surface area contributed by atoms with Crippen LogP contribution in [0.1, 0.15) is 31.4 Å². The second kappa shape index (κ2) is 5.92. The van der Waals surface area contributed by atoms with Crippen molar-refractivity contribution in [3.8, 4) is 0 Å². The van der Waals surface area contributed by atoms with Gasteiger partial charge in [0.1, 0.15) is 0 Å². The first kappa shape index (κ1) is 14.2. The lowest BCUT2D eigenvalue weighted by molar-refractivity contribution is 0.228. The first-order valence-electron chi connectivity index (χ1n) is 7.19. The summed E-state index contributed by atoms with van der Waals surface area (Å²) in [5.41, 5.74) is 5.60. The Bertz CT molecular complexity index is 530. The van der Waals surface area contributed by atoms with Crippen molar-refractivity contribution in [1.82, 2.24) is 10.3 Å². The van der Waals surface area contributed by atoms with E-state index >= 15 is 0 Å². The lowest BCUT2D eigenvalue weighted by Gasteiger charge is -2.33. The van der Waals surface area contributed by atoms with Crippen LogP contribution in [0.5, 0.6) is 0 Å². The zero-order valence-corrected chi connectivity index (χ0v) is 13.1. The number of hydrazone groups is 1. The molecular formula is C15H19Cl2N3. The summed E-state index contributed by atoms with van der Waals surface area (Å²) in [5.74, 6) is 0.409. The van der Waals surface area contributed by atoms with Crippen LogP contribution in [-0.4, -0.2) is 30.2 Å². The second-order valence-corrected chi connectivity index (χ2v) is 6.30. The van der Waals surface area contributed by atoms with Gasteiger partial charge in [0, 0.05) is 31.1 Å². The Morgan fingerprint density at radius 3 is 3.05 bits per heavy atom.